The first-order valence-electron chi connectivity index (χ1n) is 12.4. The lowest BCUT2D eigenvalue weighted by Gasteiger charge is -2.34. The lowest BCUT2D eigenvalue weighted by atomic mass is 10.0. The fourth-order valence-electron chi connectivity index (χ4n) is 4.62. The molecule has 1 aliphatic heterocycles. The van der Waals surface area contributed by atoms with Crippen molar-refractivity contribution in [2.45, 2.75) is 20.4 Å². The number of non-ortho nitro benzene ring substituents is 1. The van der Waals surface area contributed by atoms with E-state index in [2.05, 4.69) is 17.0 Å². The monoisotopic (exact) mass is 495 g/mol. The van der Waals surface area contributed by atoms with Gasteiger partial charge >= 0.3 is 0 Å². The minimum absolute atomic E-state index is 0.0475. The van der Waals surface area contributed by atoms with Crippen molar-refractivity contribution in [2.24, 2.45) is 0 Å². The second-order valence-electron chi connectivity index (χ2n) is 9.46. The highest BCUT2D eigenvalue weighted by molar-refractivity contribution is 5.94. The Morgan fingerprint density at radius 3 is 2.35 bits per heavy atom. The van der Waals surface area contributed by atoms with Crippen LogP contribution in [0.5, 0.6) is 0 Å². The third-order valence-corrected chi connectivity index (χ3v) is 6.92. The Hall–Kier alpha value is -4.30. The lowest BCUT2D eigenvalue weighted by molar-refractivity contribution is -0.384. The molecule has 188 valence electrons. The first kappa shape index (κ1) is 24.4. The zero-order chi connectivity index (χ0) is 25.9. The Morgan fingerprint density at radius 2 is 1.65 bits per heavy atom. The maximum Gasteiger partial charge on any atom is 0.272 e. The number of hydrogen-bond acceptors (Lipinski definition) is 5. The molecule has 4 aromatic rings. The highest BCUT2D eigenvalue weighted by Gasteiger charge is 2.27. The van der Waals surface area contributed by atoms with Gasteiger partial charge in [0.1, 0.15) is 5.69 Å². The minimum atomic E-state index is -0.440. The topological polar surface area (TPSA) is 84.5 Å². The van der Waals surface area contributed by atoms with Gasteiger partial charge in [0.15, 0.2) is 0 Å². The van der Waals surface area contributed by atoms with Crippen LogP contribution >= 0.6 is 0 Å². The largest absolute Gasteiger partial charge is 0.335 e. The van der Waals surface area contributed by atoms with Crippen LogP contribution in [0, 0.1) is 24.0 Å². The zero-order valence-corrected chi connectivity index (χ0v) is 21.0. The highest BCUT2D eigenvalue weighted by Crippen LogP contribution is 2.26. The van der Waals surface area contributed by atoms with Crippen LogP contribution in [0.1, 0.15) is 27.2 Å². The van der Waals surface area contributed by atoms with Gasteiger partial charge in [-0.3, -0.25) is 19.8 Å². The van der Waals surface area contributed by atoms with Crippen LogP contribution < -0.4 is 0 Å². The van der Waals surface area contributed by atoms with Crippen LogP contribution in [0.4, 0.5) is 5.69 Å². The summed E-state index contributed by atoms with van der Waals surface area (Å²) >= 11 is 0. The Kier molecular flexibility index (Phi) is 6.83. The summed E-state index contributed by atoms with van der Waals surface area (Å²) in [5, 5.41) is 16.1. The fourth-order valence-corrected chi connectivity index (χ4v) is 4.62. The molecule has 8 nitrogen and oxygen atoms in total. The number of aromatic nitrogens is 2. The molecule has 37 heavy (non-hydrogen) atoms. The van der Waals surface area contributed by atoms with E-state index in [1.54, 1.807) is 18.2 Å². The second-order valence-corrected chi connectivity index (χ2v) is 9.46. The molecule has 0 radical (unpaired) electrons. The predicted octanol–water partition coefficient (Wildman–Crippen LogP) is 5.02. The van der Waals surface area contributed by atoms with Gasteiger partial charge in [-0.05, 0) is 48.7 Å². The summed E-state index contributed by atoms with van der Waals surface area (Å²) in [4.78, 5) is 28.9. The fraction of sp³-hybridized carbons (Fsp3) is 0.241. The van der Waals surface area contributed by atoms with E-state index >= 15 is 0 Å². The number of aryl methyl sites for hydroxylation is 2. The average molecular weight is 496 g/mol. The number of nitrogens with zero attached hydrogens (tertiary/aromatic N) is 5. The van der Waals surface area contributed by atoms with Crippen molar-refractivity contribution in [1.82, 2.24) is 19.6 Å². The minimum Gasteiger partial charge on any atom is -0.335 e. The normalized spacial score (nSPS) is 14.1. The van der Waals surface area contributed by atoms with E-state index in [4.69, 9.17) is 5.10 Å². The predicted molar refractivity (Wildman–Crippen MR) is 143 cm³/mol. The van der Waals surface area contributed by atoms with Crippen molar-refractivity contribution in [3.63, 3.8) is 0 Å². The smallest absolute Gasteiger partial charge is 0.272 e. The molecule has 5 rings (SSSR count). The number of rotatable bonds is 6. The van der Waals surface area contributed by atoms with E-state index in [1.165, 1.54) is 27.9 Å². The number of nitro groups is 1. The molecule has 1 amide bonds. The van der Waals surface area contributed by atoms with Crippen LogP contribution in [-0.2, 0) is 6.54 Å². The Balaban J connectivity index is 1.44. The summed E-state index contributed by atoms with van der Waals surface area (Å²) in [6.07, 6.45) is 0. The molecule has 0 saturated carbocycles. The van der Waals surface area contributed by atoms with Crippen molar-refractivity contribution in [2.75, 3.05) is 26.2 Å². The number of nitro benzene ring substituents is 1. The van der Waals surface area contributed by atoms with Crippen LogP contribution in [0.3, 0.4) is 0 Å². The summed E-state index contributed by atoms with van der Waals surface area (Å²) in [5.74, 6) is -0.131. The van der Waals surface area contributed by atoms with E-state index < -0.39 is 4.92 Å². The summed E-state index contributed by atoms with van der Waals surface area (Å²) in [6, 6.07) is 24.4. The van der Waals surface area contributed by atoms with Crippen molar-refractivity contribution in [1.29, 1.82) is 0 Å². The molecule has 1 aromatic heterocycles. The second kappa shape index (κ2) is 10.4. The van der Waals surface area contributed by atoms with E-state index in [1.807, 2.05) is 55.1 Å². The molecule has 1 saturated heterocycles. The third kappa shape index (κ3) is 5.29. The van der Waals surface area contributed by atoms with Gasteiger partial charge in [0.05, 0.1) is 16.3 Å². The first-order chi connectivity index (χ1) is 17.9. The number of amides is 1. The van der Waals surface area contributed by atoms with E-state index in [9.17, 15) is 14.9 Å². The molecule has 0 spiro atoms. The molecular weight excluding hydrogens is 466 g/mol. The number of piperazine rings is 1. The molecule has 8 heteroatoms. The number of benzene rings is 3. The number of carbonyl (C=O) groups excluding carboxylic acids is 1. The molecule has 2 heterocycles. The molecular formula is C29H29N5O3. The maximum atomic E-state index is 13.8. The van der Waals surface area contributed by atoms with Crippen molar-refractivity contribution in [3.05, 3.63) is 111 Å². The van der Waals surface area contributed by atoms with Gasteiger partial charge in [0.2, 0.25) is 0 Å². The summed E-state index contributed by atoms with van der Waals surface area (Å²) < 4.78 is 1.54. The molecule has 0 bridgehead atoms. The highest BCUT2D eigenvalue weighted by atomic mass is 16.6. The van der Waals surface area contributed by atoms with Crippen molar-refractivity contribution in [3.8, 4) is 16.9 Å². The average Bonchev–Trinajstić information content (AvgIpc) is 3.36. The molecule has 0 aliphatic carbocycles. The van der Waals surface area contributed by atoms with Gasteiger partial charge < -0.3 is 4.90 Å². The summed E-state index contributed by atoms with van der Waals surface area (Å²) in [7, 11) is 0. The molecule has 3 aromatic carbocycles. The third-order valence-electron chi connectivity index (χ3n) is 6.92. The van der Waals surface area contributed by atoms with Gasteiger partial charge in [0, 0.05) is 50.4 Å². The maximum absolute atomic E-state index is 13.8. The Bertz CT molecular complexity index is 1440. The van der Waals surface area contributed by atoms with Crippen LogP contribution in [0.15, 0.2) is 78.9 Å². The lowest BCUT2D eigenvalue weighted by Crippen LogP contribution is -2.48. The van der Waals surface area contributed by atoms with E-state index in [0.29, 0.717) is 30.2 Å². The summed E-state index contributed by atoms with van der Waals surface area (Å²) in [6.45, 7) is 7.69. The molecule has 0 atom stereocenters. The molecule has 0 N–H and O–H groups in total. The zero-order valence-electron chi connectivity index (χ0n) is 21.0. The van der Waals surface area contributed by atoms with E-state index in [0.717, 1.165) is 30.8 Å². The van der Waals surface area contributed by atoms with Gasteiger partial charge in [-0.25, -0.2) is 4.68 Å². The van der Waals surface area contributed by atoms with Crippen molar-refractivity contribution < 1.29 is 9.72 Å². The number of hydrogen-bond donors (Lipinski definition) is 0. The Morgan fingerprint density at radius 1 is 0.892 bits per heavy atom. The van der Waals surface area contributed by atoms with Crippen LogP contribution in [-0.4, -0.2) is 56.6 Å². The van der Waals surface area contributed by atoms with Crippen LogP contribution in [0.2, 0.25) is 0 Å². The van der Waals surface area contributed by atoms with Crippen molar-refractivity contribution >= 4 is 11.6 Å². The SMILES string of the molecule is Cc1ccc(-c2cc(C(=O)N3CCN(Cc4ccccc4)CC3)n(-c3cccc([N+](=O)[O-])c3)n2)cc1C. The van der Waals surface area contributed by atoms with Crippen LogP contribution in [0.25, 0.3) is 16.9 Å². The molecule has 1 aliphatic rings. The first-order valence-corrected chi connectivity index (χ1v) is 12.4. The van der Waals surface area contributed by atoms with Gasteiger partial charge in [-0.15, -0.1) is 0 Å². The molecule has 0 unspecified atom stereocenters. The van der Waals surface area contributed by atoms with E-state index in [-0.39, 0.29) is 11.6 Å². The molecule has 1 fully saturated rings. The van der Waals surface area contributed by atoms with Gasteiger partial charge in [-0.1, -0.05) is 48.5 Å². The standard InChI is InChI=1S/C29H29N5O3/c1-21-11-12-24(17-22(21)2)27-19-28(33(30-27)25-9-6-10-26(18-25)34(36)37)29(35)32-15-13-31(14-16-32)20-23-7-4-3-5-8-23/h3-12,17-19H,13-16,20H2,1-2H3. The van der Waals surface area contributed by atoms with Gasteiger partial charge in [0.25, 0.3) is 11.6 Å². The Labute approximate surface area is 215 Å². The quantitative estimate of drug-likeness (QED) is 0.277. The summed E-state index contributed by atoms with van der Waals surface area (Å²) in [5.41, 5.74) is 5.93. The van der Waals surface area contributed by atoms with Gasteiger partial charge in [-0.2, -0.15) is 5.10 Å². The number of carbonyl (C=O) groups is 1.